The molecule has 0 aliphatic heterocycles. The van der Waals surface area contributed by atoms with Gasteiger partial charge in [0.05, 0.1) is 11.9 Å². The highest BCUT2D eigenvalue weighted by Crippen LogP contribution is 2.28. The number of carbonyl (C=O) groups is 1. The van der Waals surface area contributed by atoms with Gasteiger partial charge in [0.15, 0.2) is 0 Å². The number of nitrogens with one attached hydrogen (secondary N) is 1. The summed E-state index contributed by atoms with van der Waals surface area (Å²) in [6.07, 6.45) is 8.69. The van der Waals surface area contributed by atoms with Crippen LogP contribution >= 0.6 is 27.7 Å². The molecule has 5 nitrogen and oxygen atoms in total. The van der Waals surface area contributed by atoms with Crippen molar-refractivity contribution in [2.24, 2.45) is 0 Å². The first-order chi connectivity index (χ1) is 12.8. The Hall–Kier alpha value is -0.730. The quantitative estimate of drug-likeness (QED) is 0.544. The molecule has 8 heteroatoms. The summed E-state index contributed by atoms with van der Waals surface area (Å²) in [5, 5.41) is 3.62. The number of thioether (sulfide) groups is 1. The highest BCUT2D eigenvalue weighted by molar-refractivity contribution is 9.10. The summed E-state index contributed by atoms with van der Waals surface area (Å²) in [7, 11) is -3.54. The molecule has 0 atom stereocenters. The van der Waals surface area contributed by atoms with Gasteiger partial charge in [-0.2, -0.15) is 11.8 Å². The van der Waals surface area contributed by atoms with Crippen LogP contribution in [0, 0.1) is 6.92 Å². The fraction of sp³-hybridized carbons (Fsp3) is 0.632. The van der Waals surface area contributed by atoms with Gasteiger partial charge in [0.2, 0.25) is 15.9 Å². The number of amides is 1. The second kappa shape index (κ2) is 10.7. The Kier molecular flexibility index (Phi) is 8.95. The van der Waals surface area contributed by atoms with Crippen LogP contribution in [0.15, 0.2) is 22.7 Å². The van der Waals surface area contributed by atoms with Gasteiger partial charge in [0.1, 0.15) is 6.54 Å². The van der Waals surface area contributed by atoms with Gasteiger partial charge in [-0.05, 0) is 55.7 Å². The lowest BCUT2D eigenvalue weighted by Crippen LogP contribution is -2.40. The molecule has 152 valence electrons. The van der Waals surface area contributed by atoms with Gasteiger partial charge in [-0.3, -0.25) is 9.10 Å². The summed E-state index contributed by atoms with van der Waals surface area (Å²) in [6, 6.07) is 5.26. The molecule has 1 saturated carbocycles. The lowest BCUT2D eigenvalue weighted by Gasteiger charge is -2.23. The zero-order chi connectivity index (χ0) is 19.9. The van der Waals surface area contributed by atoms with Crippen LogP contribution in [0.1, 0.15) is 44.1 Å². The average molecular weight is 477 g/mol. The van der Waals surface area contributed by atoms with Crippen LogP contribution in [0.4, 0.5) is 5.69 Å². The summed E-state index contributed by atoms with van der Waals surface area (Å²) in [5.74, 6) is 0.760. The van der Waals surface area contributed by atoms with Crippen LogP contribution in [0.3, 0.4) is 0 Å². The van der Waals surface area contributed by atoms with E-state index in [1.165, 1.54) is 32.1 Å². The Labute approximate surface area is 175 Å². The first-order valence-corrected chi connectivity index (χ1v) is 13.1. The van der Waals surface area contributed by atoms with Crippen LogP contribution in [-0.4, -0.2) is 44.7 Å². The Morgan fingerprint density at radius 2 is 2.00 bits per heavy atom. The van der Waals surface area contributed by atoms with Crippen molar-refractivity contribution in [1.82, 2.24) is 5.32 Å². The molecule has 1 fully saturated rings. The van der Waals surface area contributed by atoms with Crippen molar-refractivity contribution in [2.75, 3.05) is 29.4 Å². The number of aryl methyl sites for hydroxylation is 1. The van der Waals surface area contributed by atoms with E-state index in [0.717, 1.165) is 38.0 Å². The molecular weight excluding hydrogens is 448 g/mol. The van der Waals surface area contributed by atoms with E-state index in [0.29, 0.717) is 12.2 Å². The topological polar surface area (TPSA) is 66.5 Å². The Balaban J connectivity index is 1.80. The van der Waals surface area contributed by atoms with E-state index < -0.39 is 10.0 Å². The van der Waals surface area contributed by atoms with Crippen molar-refractivity contribution in [2.45, 2.75) is 50.7 Å². The predicted molar refractivity (Wildman–Crippen MR) is 118 cm³/mol. The minimum absolute atomic E-state index is 0.199. The van der Waals surface area contributed by atoms with Gasteiger partial charge in [-0.25, -0.2) is 8.42 Å². The molecule has 0 heterocycles. The number of sulfonamides is 1. The molecule has 27 heavy (non-hydrogen) atoms. The molecule has 0 radical (unpaired) electrons. The number of carbonyl (C=O) groups excluding carboxylic acids is 1. The predicted octanol–water partition coefficient (Wildman–Crippen LogP) is 4.10. The van der Waals surface area contributed by atoms with E-state index >= 15 is 0 Å². The van der Waals surface area contributed by atoms with Crippen LogP contribution in [0.2, 0.25) is 0 Å². The minimum Gasteiger partial charge on any atom is -0.354 e. The highest BCUT2D eigenvalue weighted by Gasteiger charge is 2.21. The third-order valence-corrected chi connectivity index (χ3v) is 8.16. The number of halogens is 1. The van der Waals surface area contributed by atoms with Crippen molar-refractivity contribution in [3.63, 3.8) is 0 Å². The fourth-order valence-electron chi connectivity index (χ4n) is 3.15. The number of benzene rings is 1. The van der Waals surface area contributed by atoms with E-state index in [-0.39, 0.29) is 12.5 Å². The smallest absolute Gasteiger partial charge is 0.240 e. The number of rotatable bonds is 9. The minimum atomic E-state index is -3.54. The molecule has 1 N–H and O–H groups in total. The third kappa shape index (κ3) is 7.66. The third-order valence-electron chi connectivity index (χ3n) is 4.67. The number of anilines is 1. The molecule has 1 aromatic rings. The number of hydrogen-bond donors (Lipinski definition) is 1. The van der Waals surface area contributed by atoms with Gasteiger partial charge in [-0.1, -0.05) is 35.2 Å². The Morgan fingerprint density at radius 3 is 2.63 bits per heavy atom. The molecule has 1 aliphatic carbocycles. The maximum absolute atomic E-state index is 12.3. The fourth-order valence-corrected chi connectivity index (χ4v) is 5.56. The normalized spacial score (nSPS) is 15.5. The zero-order valence-electron chi connectivity index (χ0n) is 16.0. The van der Waals surface area contributed by atoms with Crippen LogP contribution in [0.5, 0.6) is 0 Å². The summed E-state index contributed by atoms with van der Waals surface area (Å²) >= 11 is 5.41. The van der Waals surface area contributed by atoms with Crippen molar-refractivity contribution < 1.29 is 13.2 Å². The molecule has 2 rings (SSSR count). The molecule has 1 aromatic carbocycles. The van der Waals surface area contributed by atoms with Crippen molar-refractivity contribution >= 4 is 49.3 Å². The van der Waals surface area contributed by atoms with Crippen LogP contribution in [0.25, 0.3) is 0 Å². The number of nitrogens with zero attached hydrogens (tertiary/aromatic N) is 1. The molecule has 0 saturated heterocycles. The molecule has 0 bridgehead atoms. The van der Waals surface area contributed by atoms with Gasteiger partial charge < -0.3 is 5.32 Å². The van der Waals surface area contributed by atoms with Crippen molar-refractivity contribution in [3.05, 3.63) is 28.2 Å². The summed E-state index contributed by atoms with van der Waals surface area (Å²) in [6.45, 7) is 2.27. The van der Waals surface area contributed by atoms with Gasteiger partial charge in [-0.15, -0.1) is 0 Å². The first-order valence-electron chi connectivity index (χ1n) is 9.39. The number of hydrogen-bond acceptors (Lipinski definition) is 4. The molecule has 0 aromatic heterocycles. The average Bonchev–Trinajstić information content (AvgIpc) is 2.62. The van der Waals surface area contributed by atoms with E-state index in [9.17, 15) is 13.2 Å². The van der Waals surface area contributed by atoms with Crippen molar-refractivity contribution in [1.29, 1.82) is 0 Å². The van der Waals surface area contributed by atoms with Crippen LogP contribution < -0.4 is 9.62 Å². The van der Waals surface area contributed by atoms with Gasteiger partial charge in [0, 0.05) is 16.3 Å². The van der Waals surface area contributed by atoms with E-state index in [2.05, 4.69) is 21.2 Å². The second-order valence-corrected chi connectivity index (χ2v) is 11.2. The van der Waals surface area contributed by atoms with Gasteiger partial charge in [0.25, 0.3) is 0 Å². The zero-order valence-corrected chi connectivity index (χ0v) is 19.3. The summed E-state index contributed by atoms with van der Waals surface area (Å²) in [5.41, 5.74) is 1.42. The lowest BCUT2D eigenvalue weighted by atomic mass is 10.0. The Morgan fingerprint density at radius 1 is 1.30 bits per heavy atom. The first kappa shape index (κ1) is 22.6. The summed E-state index contributed by atoms with van der Waals surface area (Å²) < 4.78 is 26.3. The standard InChI is InChI=1S/C19H29BrN2O3S2/c1-15-13-16(9-10-18(15)20)22(27(2,24)25)14-19(23)21-11-6-12-26-17-7-4-3-5-8-17/h9-10,13,17H,3-8,11-12,14H2,1-2H3,(H,21,23). The van der Waals surface area contributed by atoms with Gasteiger partial charge >= 0.3 is 0 Å². The summed E-state index contributed by atoms with van der Waals surface area (Å²) in [4.78, 5) is 12.3. The molecule has 1 aliphatic rings. The monoisotopic (exact) mass is 476 g/mol. The van der Waals surface area contributed by atoms with E-state index in [1.807, 2.05) is 18.7 Å². The van der Waals surface area contributed by atoms with Crippen LogP contribution in [-0.2, 0) is 14.8 Å². The molecule has 0 unspecified atom stereocenters. The maximum atomic E-state index is 12.3. The van der Waals surface area contributed by atoms with E-state index in [1.54, 1.807) is 18.2 Å². The molecule has 0 spiro atoms. The molecule has 1 amide bonds. The van der Waals surface area contributed by atoms with E-state index in [4.69, 9.17) is 0 Å². The lowest BCUT2D eigenvalue weighted by molar-refractivity contribution is -0.119. The maximum Gasteiger partial charge on any atom is 0.240 e. The highest BCUT2D eigenvalue weighted by atomic mass is 79.9. The molecular formula is C19H29BrN2O3S2. The SMILES string of the molecule is Cc1cc(N(CC(=O)NCCCSC2CCCCC2)S(C)(=O)=O)ccc1Br. The largest absolute Gasteiger partial charge is 0.354 e. The Bertz CT molecular complexity index is 734. The second-order valence-electron chi connectivity index (χ2n) is 7.04. The van der Waals surface area contributed by atoms with Crippen molar-refractivity contribution in [3.8, 4) is 0 Å².